The number of aromatic nitrogens is 2. The van der Waals surface area contributed by atoms with Crippen LogP contribution in [0.3, 0.4) is 0 Å². The van der Waals surface area contributed by atoms with Crippen molar-refractivity contribution in [1.82, 2.24) is 10.2 Å². The predicted octanol–water partition coefficient (Wildman–Crippen LogP) is 2.75. The summed E-state index contributed by atoms with van der Waals surface area (Å²) in [5.41, 5.74) is 1.52. The van der Waals surface area contributed by atoms with Gasteiger partial charge in [0.05, 0.1) is 17.5 Å². The number of nitrogens with zero attached hydrogens (tertiary/aromatic N) is 2. The van der Waals surface area contributed by atoms with Gasteiger partial charge < -0.3 is 0 Å². The Labute approximate surface area is 155 Å². The summed E-state index contributed by atoms with van der Waals surface area (Å²) in [7, 11) is -3.49. The third-order valence-corrected chi connectivity index (χ3v) is 4.78. The van der Waals surface area contributed by atoms with E-state index >= 15 is 0 Å². The lowest BCUT2D eigenvalue weighted by Gasteiger charge is -2.09. The Bertz CT molecular complexity index is 1020. The molecule has 0 saturated heterocycles. The van der Waals surface area contributed by atoms with Gasteiger partial charge >= 0.3 is 0 Å². The Balaban J connectivity index is 1.73. The normalized spacial score (nSPS) is 11.1. The highest BCUT2D eigenvalue weighted by Gasteiger charge is 2.15. The number of sulfonamides is 1. The second-order valence-electron chi connectivity index (χ2n) is 5.54. The van der Waals surface area contributed by atoms with Gasteiger partial charge in [-0.3, -0.25) is 14.8 Å². The molecule has 0 bridgehead atoms. The van der Waals surface area contributed by atoms with Gasteiger partial charge in [-0.15, -0.1) is 10.2 Å². The van der Waals surface area contributed by atoms with Crippen LogP contribution in [0.25, 0.3) is 0 Å². The van der Waals surface area contributed by atoms with Crippen molar-refractivity contribution in [3.8, 4) is 0 Å². The van der Waals surface area contributed by atoms with E-state index in [4.69, 9.17) is 0 Å². The van der Waals surface area contributed by atoms with E-state index in [0.717, 1.165) is 16.8 Å². The van der Waals surface area contributed by atoms with Crippen molar-refractivity contribution in [1.29, 1.82) is 0 Å². The standard InChI is InChI=1S/C17H16N4O3S2/c1-26(23,24)21-14-10-6-5-9-13(14)16(22)18-17-20-19-15(25-17)11-12-7-3-2-4-8-12/h2-10,21H,11H2,1H3,(H,18,20,22). The number of carbonyl (C=O) groups is 1. The Morgan fingerprint density at radius 1 is 1.04 bits per heavy atom. The highest BCUT2D eigenvalue weighted by atomic mass is 32.2. The molecule has 2 N–H and O–H groups in total. The van der Waals surface area contributed by atoms with Crippen LogP contribution in [0, 0.1) is 0 Å². The third-order valence-electron chi connectivity index (χ3n) is 3.35. The first-order valence-corrected chi connectivity index (χ1v) is 10.4. The molecule has 1 aromatic heterocycles. The quantitative estimate of drug-likeness (QED) is 0.676. The topological polar surface area (TPSA) is 101 Å². The third kappa shape index (κ3) is 4.87. The fourth-order valence-corrected chi connectivity index (χ4v) is 3.63. The van der Waals surface area contributed by atoms with Crippen molar-refractivity contribution in [3.63, 3.8) is 0 Å². The Morgan fingerprint density at radius 3 is 2.46 bits per heavy atom. The molecule has 0 atom stereocenters. The molecule has 9 heteroatoms. The minimum atomic E-state index is -3.49. The molecule has 7 nitrogen and oxygen atoms in total. The molecule has 0 aliphatic heterocycles. The van der Waals surface area contributed by atoms with E-state index < -0.39 is 15.9 Å². The Morgan fingerprint density at radius 2 is 1.73 bits per heavy atom. The number of amides is 1. The van der Waals surface area contributed by atoms with Gasteiger partial charge in [0.25, 0.3) is 5.91 Å². The summed E-state index contributed by atoms with van der Waals surface area (Å²) in [6.07, 6.45) is 1.66. The molecule has 0 spiro atoms. The monoisotopic (exact) mass is 388 g/mol. The van der Waals surface area contributed by atoms with Crippen LogP contribution in [-0.2, 0) is 16.4 Å². The molecule has 0 unspecified atom stereocenters. The largest absolute Gasteiger partial charge is 0.296 e. The van der Waals surface area contributed by atoms with Crippen molar-refractivity contribution < 1.29 is 13.2 Å². The number of rotatable bonds is 6. The van der Waals surface area contributed by atoms with Crippen LogP contribution in [0.15, 0.2) is 54.6 Å². The number of anilines is 2. The van der Waals surface area contributed by atoms with E-state index in [1.165, 1.54) is 23.5 Å². The van der Waals surface area contributed by atoms with E-state index in [0.29, 0.717) is 11.6 Å². The summed E-state index contributed by atoms with van der Waals surface area (Å²) in [6.45, 7) is 0. The predicted molar refractivity (Wildman–Crippen MR) is 102 cm³/mol. The molecular formula is C17H16N4O3S2. The summed E-state index contributed by atoms with van der Waals surface area (Å²) in [4.78, 5) is 12.5. The fourth-order valence-electron chi connectivity index (χ4n) is 2.28. The molecule has 2 aromatic carbocycles. The molecule has 0 aliphatic carbocycles. The van der Waals surface area contributed by atoms with E-state index in [9.17, 15) is 13.2 Å². The lowest BCUT2D eigenvalue weighted by Crippen LogP contribution is -2.17. The molecule has 0 aliphatic rings. The molecule has 0 saturated carbocycles. The van der Waals surface area contributed by atoms with Crippen LogP contribution < -0.4 is 10.0 Å². The average Bonchev–Trinajstić information content (AvgIpc) is 3.01. The van der Waals surface area contributed by atoms with Crippen molar-refractivity contribution in [2.24, 2.45) is 0 Å². The smallest absolute Gasteiger partial charge is 0.259 e. The maximum absolute atomic E-state index is 12.5. The fraction of sp³-hybridized carbons (Fsp3) is 0.118. The molecule has 3 rings (SSSR count). The zero-order chi connectivity index (χ0) is 18.6. The number of para-hydroxylation sites is 1. The average molecular weight is 388 g/mol. The molecule has 0 radical (unpaired) electrons. The van der Waals surface area contributed by atoms with Gasteiger partial charge in [0.15, 0.2) is 0 Å². The van der Waals surface area contributed by atoms with Crippen molar-refractivity contribution >= 4 is 38.1 Å². The number of carbonyl (C=O) groups excluding carboxylic acids is 1. The summed E-state index contributed by atoms with van der Waals surface area (Å²) < 4.78 is 25.2. The van der Waals surface area contributed by atoms with Crippen molar-refractivity contribution in [3.05, 3.63) is 70.7 Å². The van der Waals surface area contributed by atoms with E-state index in [1.807, 2.05) is 30.3 Å². The van der Waals surface area contributed by atoms with Gasteiger partial charge in [0.2, 0.25) is 15.2 Å². The van der Waals surface area contributed by atoms with Crippen molar-refractivity contribution in [2.75, 3.05) is 16.3 Å². The molecule has 1 heterocycles. The van der Waals surface area contributed by atoms with E-state index in [1.54, 1.807) is 12.1 Å². The van der Waals surface area contributed by atoms with Crippen LogP contribution in [-0.4, -0.2) is 30.8 Å². The van der Waals surface area contributed by atoms with E-state index in [-0.39, 0.29) is 11.3 Å². The SMILES string of the molecule is CS(=O)(=O)Nc1ccccc1C(=O)Nc1nnc(Cc2ccccc2)s1. The zero-order valence-electron chi connectivity index (χ0n) is 13.8. The maximum Gasteiger partial charge on any atom is 0.259 e. The van der Waals surface area contributed by atoms with Gasteiger partial charge in [-0.2, -0.15) is 0 Å². The molecular weight excluding hydrogens is 372 g/mol. The highest BCUT2D eigenvalue weighted by Crippen LogP contribution is 2.21. The van der Waals surface area contributed by atoms with Gasteiger partial charge in [0, 0.05) is 6.42 Å². The molecule has 3 aromatic rings. The Hall–Kier alpha value is -2.78. The van der Waals surface area contributed by atoms with Gasteiger partial charge in [-0.1, -0.05) is 53.8 Å². The summed E-state index contributed by atoms with van der Waals surface area (Å²) in [6, 6.07) is 16.2. The minimum absolute atomic E-state index is 0.206. The summed E-state index contributed by atoms with van der Waals surface area (Å²) in [5, 5.41) is 11.9. The number of hydrogen-bond acceptors (Lipinski definition) is 6. The first-order valence-electron chi connectivity index (χ1n) is 7.65. The first kappa shape index (κ1) is 18.0. The molecule has 1 amide bonds. The van der Waals surface area contributed by atoms with Crippen LogP contribution in [0.4, 0.5) is 10.8 Å². The van der Waals surface area contributed by atoms with Crippen LogP contribution in [0.2, 0.25) is 0 Å². The van der Waals surface area contributed by atoms with Crippen LogP contribution in [0.1, 0.15) is 20.9 Å². The van der Waals surface area contributed by atoms with Crippen molar-refractivity contribution in [2.45, 2.75) is 6.42 Å². The van der Waals surface area contributed by atoms with Gasteiger partial charge in [-0.05, 0) is 17.7 Å². The van der Waals surface area contributed by atoms with Crippen LogP contribution in [0.5, 0.6) is 0 Å². The van der Waals surface area contributed by atoms with Gasteiger partial charge in [-0.25, -0.2) is 8.42 Å². The summed E-state index contributed by atoms with van der Waals surface area (Å²) >= 11 is 1.28. The molecule has 0 fully saturated rings. The highest BCUT2D eigenvalue weighted by molar-refractivity contribution is 7.92. The number of benzene rings is 2. The molecule has 26 heavy (non-hydrogen) atoms. The maximum atomic E-state index is 12.5. The molecule has 134 valence electrons. The lowest BCUT2D eigenvalue weighted by atomic mass is 10.2. The van der Waals surface area contributed by atoms with E-state index in [2.05, 4.69) is 20.2 Å². The minimum Gasteiger partial charge on any atom is -0.296 e. The first-order chi connectivity index (χ1) is 12.4. The second-order valence-corrected chi connectivity index (χ2v) is 8.35. The van der Waals surface area contributed by atoms with Gasteiger partial charge in [0.1, 0.15) is 5.01 Å². The number of nitrogens with one attached hydrogen (secondary N) is 2. The number of hydrogen-bond donors (Lipinski definition) is 2. The summed E-state index contributed by atoms with van der Waals surface area (Å²) in [5.74, 6) is -0.459. The lowest BCUT2D eigenvalue weighted by molar-refractivity contribution is 0.102. The Kier molecular flexibility index (Phi) is 5.29. The van der Waals surface area contributed by atoms with Crippen LogP contribution >= 0.6 is 11.3 Å². The second kappa shape index (κ2) is 7.63. The zero-order valence-corrected chi connectivity index (χ0v) is 15.5.